The van der Waals surface area contributed by atoms with Gasteiger partial charge in [-0.05, 0) is 53.8 Å². The Hall–Kier alpha value is -0.290. The van der Waals surface area contributed by atoms with E-state index in [0.29, 0.717) is 0 Å². The van der Waals surface area contributed by atoms with Crippen molar-refractivity contribution < 1.29 is 4.74 Å². The quantitative estimate of drug-likeness (QED) is 0.772. The van der Waals surface area contributed by atoms with Crippen molar-refractivity contribution in [1.29, 1.82) is 0 Å². The van der Waals surface area contributed by atoms with Crippen LogP contribution in [-0.2, 0) is 0 Å². The van der Waals surface area contributed by atoms with Crippen LogP contribution in [-0.4, -0.2) is 19.2 Å². The van der Waals surface area contributed by atoms with Crippen LogP contribution in [0.5, 0.6) is 5.75 Å². The maximum Gasteiger partial charge on any atom is 0.120 e. The van der Waals surface area contributed by atoms with Gasteiger partial charge in [0.15, 0.2) is 0 Å². The van der Waals surface area contributed by atoms with E-state index in [0.717, 1.165) is 31.7 Å². The Bertz CT molecular complexity index is 304. The molecule has 0 bridgehead atoms. The summed E-state index contributed by atoms with van der Waals surface area (Å²) in [4.78, 5) is 0. The molecule has 0 spiro atoms. The highest BCUT2D eigenvalue weighted by Gasteiger charge is 2.08. The minimum atomic E-state index is 0.281. The summed E-state index contributed by atoms with van der Waals surface area (Å²) >= 11 is 2.31. The number of benzene rings is 1. The highest BCUT2D eigenvalue weighted by Crippen LogP contribution is 2.17. The van der Waals surface area contributed by atoms with E-state index in [4.69, 9.17) is 4.74 Å². The second kappa shape index (κ2) is 7.90. The van der Waals surface area contributed by atoms with Crippen LogP contribution >= 0.6 is 22.6 Å². The fourth-order valence-electron chi connectivity index (χ4n) is 1.56. The maximum atomic E-state index is 5.97. The molecule has 90 valence electrons. The fourth-order valence-corrected chi connectivity index (χ4v) is 2.08. The van der Waals surface area contributed by atoms with Gasteiger partial charge in [0.25, 0.3) is 0 Å². The number of hydrogen-bond acceptors (Lipinski definition) is 2. The Morgan fingerprint density at radius 1 is 1.38 bits per heavy atom. The lowest BCUT2D eigenvalue weighted by molar-refractivity contribution is 0.187. The van der Waals surface area contributed by atoms with Crippen LogP contribution in [0, 0.1) is 3.57 Å². The Kier molecular flexibility index (Phi) is 6.80. The molecule has 1 unspecified atom stereocenters. The number of hydrogen-bond donors (Lipinski definition) is 1. The molecule has 0 aliphatic rings. The van der Waals surface area contributed by atoms with Crippen molar-refractivity contribution >= 4 is 22.6 Å². The predicted octanol–water partition coefficient (Wildman–Crippen LogP) is 3.45. The standard InChI is InChI=1S/C13H20INO/c1-3-6-13(10-15-4-2)16-12-8-5-7-11(14)9-12/h5,7-9,13,15H,3-4,6,10H2,1-2H3. The lowest BCUT2D eigenvalue weighted by Crippen LogP contribution is -2.31. The molecule has 0 aliphatic heterocycles. The van der Waals surface area contributed by atoms with E-state index in [9.17, 15) is 0 Å². The van der Waals surface area contributed by atoms with E-state index >= 15 is 0 Å². The zero-order valence-electron chi connectivity index (χ0n) is 10.0. The van der Waals surface area contributed by atoms with E-state index in [1.807, 2.05) is 12.1 Å². The third-order valence-corrected chi connectivity index (χ3v) is 3.00. The van der Waals surface area contributed by atoms with Crippen LogP contribution in [0.3, 0.4) is 0 Å². The third-order valence-electron chi connectivity index (χ3n) is 2.33. The van der Waals surface area contributed by atoms with Gasteiger partial charge < -0.3 is 10.1 Å². The summed E-state index contributed by atoms with van der Waals surface area (Å²) in [5.41, 5.74) is 0. The molecule has 1 aromatic carbocycles. The van der Waals surface area contributed by atoms with Crippen LogP contribution in [0.1, 0.15) is 26.7 Å². The first-order valence-electron chi connectivity index (χ1n) is 5.89. The first-order valence-corrected chi connectivity index (χ1v) is 6.97. The van der Waals surface area contributed by atoms with Gasteiger partial charge in [0.1, 0.15) is 11.9 Å². The van der Waals surface area contributed by atoms with Gasteiger partial charge >= 0.3 is 0 Å². The summed E-state index contributed by atoms with van der Waals surface area (Å²) in [6, 6.07) is 8.21. The topological polar surface area (TPSA) is 21.3 Å². The van der Waals surface area contributed by atoms with Gasteiger partial charge in [-0.2, -0.15) is 0 Å². The first-order chi connectivity index (χ1) is 7.76. The van der Waals surface area contributed by atoms with E-state index in [1.165, 1.54) is 3.57 Å². The smallest absolute Gasteiger partial charge is 0.120 e. The largest absolute Gasteiger partial charge is 0.489 e. The highest BCUT2D eigenvalue weighted by molar-refractivity contribution is 14.1. The number of halogens is 1. The summed E-state index contributed by atoms with van der Waals surface area (Å²) in [6.45, 7) is 6.23. The summed E-state index contributed by atoms with van der Waals surface area (Å²) in [5, 5.41) is 3.34. The Morgan fingerprint density at radius 2 is 2.19 bits per heavy atom. The number of ether oxygens (including phenoxy) is 1. The minimum absolute atomic E-state index is 0.281. The molecule has 1 aromatic rings. The monoisotopic (exact) mass is 333 g/mol. The SMILES string of the molecule is CCCC(CNCC)Oc1cccc(I)c1. The molecular formula is C13H20INO. The molecular weight excluding hydrogens is 313 g/mol. The van der Waals surface area contributed by atoms with E-state index in [1.54, 1.807) is 0 Å². The summed E-state index contributed by atoms with van der Waals surface area (Å²) < 4.78 is 7.19. The molecule has 1 N–H and O–H groups in total. The van der Waals surface area contributed by atoms with E-state index in [-0.39, 0.29) is 6.10 Å². The zero-order chi connectivity index (χ0) is 11.8. The molecule has 0 radical (unpaired) electrons. The molecule has 3 heteroatoms. The molecule has 2 nitrogen and oxygen atoms in total. The van der Waals surface area contributed by atoms with Crippen molar-refractivity contribution in [3.05, 3.63) is 27.8 Å². The van der Waals surface area contributed by atoms with E-state index < -0.39 is 0 Å². The Labute approximate surface area is 112 Å². The van der Waals surface area contributed by atoms with Crippen molar-refractivity contribution in [3.63, 3.8) is 0 Å². The number of likely N-dealkylation sites (N-methyl/N-ethyl adjacent to an activating group) is 1. The van der Waals surface area contributed by atoms with Gasteiger partial charge in [0.05, 0.1) is 0 Å². The average molecular weight is 333 g/mol. The van der Waals surface area contributed by atoms with Crippen LogP contribution in [0.25, 0.3) is 0 Å². The molecule has 1 rings (SSSR count). The van der Waals surface area contributed by atoms with Crippen molar-refractivity contribution in [2.75, 3.05) is 13.1 Å². The van der Waals surface area contributed by atoms with Crippen LogP contribution in [0.4, 0.5) is 0 Å². The molecule has 1 atom stereocenters. The molecule has 0 aliphatic carbocycles. The van der Waals surface area contributed by atoms with Gasteiger partial charge in [0, 0.05) is 10.1 Å². The third kappa shape index (κ3) is 5.16. The molecule has 0 aromatic heterocycles. The normalized spacial score (nSPS) is 12.4. The molecule has 16 heavy (non-hydrogen) atoms. The van der Waals surface area contributed by atoms with Gasteiger partial charge in [0.2, 0.25) is 0 Å². The Balaban J connectivity index is 2.52. The van der Waals surface area contributed by atoms with Gasteiger partial charge in [-0.1, -0.05) is 26.3 Å². The molecule has 0 fully saturated rings. The minimum Gasteiger partial charge on any atom is -0.489 e. The highest BCUT2D eigenvalue weighted by atomic mass is 127. The number of nitrogens with one attached hydrogen (secondary N) is 1. The van der Waals surface area contributed by atoms with Crippen molar-refractivity contribution in [2.24, 2.45) is 0 Å². The van der Waals surface area contributed by atoms with Crippen molar-refractivity contribution in [1.82, 2.24) is 5.32 Å². The zero-order valence-corrected chi connectivity index (χ0v) is 12.2. The summed E-state index contributed by atoms with van der Waals surface area (Å²) in [6.07, 6.45) is 2.53. The first kappa shape index (κ1) is 13.8. The average Bonchev–Trinajstić information content (AvgIpc) is 2.26. The molecule has 0 heterocycles. The van der Waals surface area contributed by atoms with Crippen molar-refractivity contribution in [3.8, 4) is 5.75 Å². The summed E-state index contributed by atoms with van der Waals surface area (Å²) in [7, 11) is 0. The molecule has 0 amide bonds. The van der Waals surface area contributed by atoms with Gasteiger partial charge in [-0.25, -0.2) is 0 Å². The van der Waals surface area contributed by atoms with Gasteiger partial charge in [-0.15, -0.1) is 0 Å². The second-order valence-electron chi connectivity index (χ2n) is 3.79. The second-order valence-corrected chi connectivity index (χ2v) is 5.04. The molecule has 0 saturated heterocycles. The number of rotatable bonds is 7. The van der Waals surface area contributed by atoms with Gasteiger partial charge in [-0.3, -0.25) is 0 Å². The molecule has 0 saturated carbocycles. The predicted molar refractivity (Wildman–Crippen MR) is 77.0 cm³/mol. The van der Waals surface area contributed by atoms with Crippen LogP contribution in [0.15, 0.2) is 24.3 Å². The lowest BCUT2D eigenvalue weighted by atomic mass is 10.2. The van der Waals surface area contributed by atoms with Crippen molar-refractivity contribution in [2.45, 2.75) is 32.8 Å². The Morgan fingerprint density at radius 3 is 2.81 bits per heavy atom. The van der Waals surface area contributed by atoms with Crippen LogP contribution in [0.2, 0.25) is 0 Å². The lowest BCUT2D eigenvalue weighted by Gasteiger charge is -2.19. The van der Waals surface area contributed by atoms with E-state index in [2.05, 4.69) is 53.9 Å². The maximum absolute atomic E-state index is 5.97. The fraction of sp³-hybridized carbons (Fsp3) is 0.538. The summed E-state index contributed by atoms with van der Waals surface area (Å²) in [5.74, 6) is 0.975. The van der Waals surface area contributed by atoms with Crippen LogP contribution < -0.4 is 10.1 Å².